The first kappa shape index (κ1) is 14.8. The van der Waals surface area contributed by atoms with Gasteiger partial charge in [0.15, 0.2) is 0 Å². The third-order valence-corrected chi connectivity index (χ3v) is 4.00. The minimum Gasteiger partial charge on any atom is -0.288 e. The number of fused-ring (bicyclic) bond motifs is 1. The van der Waals surface area contributed by atoms with E-state index in [1.54, 1.807) is 19.1 Å². The highest BCUT2D eigenvalue weighted by atomic mass is 19.4. The van der Waals surface area contributed by atoms with E-state index in [9.17, 15) is 18.0 Å². The molecule has 1 saturated heterocycles. The standard InChI is InChI=1S/C16H15F3N2O/c1-10-12-5-3-2-4-11(12)6-7-13(10)15(16(17,18)19)21-9-8-14(22)20-21/h2-7,15H,8-9H2,1H3,(H,20,22). The second-order valence-electron chi connectivity index (χ2n) is 5.42. The Balaban J connectivity index is 2.12. The summed E-state index contributed by atoms with van der Waals surface area (Å²) >= 11 is 0. The number of nitrogens with one attached hydrogen (secondary N) is 1. The molecule has 1 aliphatic rings. The smallest absolute Gasteiger partial charge is 0.288 e. The van der Waals surface area contributed by atoms with Gasteiger partial charge in [-0.3, -0.25) is 10.2 Å². The van der Waals surface area contributed by atoms with E-state index in [0.717, 1.165) is 15.8 Å². The molecule has 0 saturated carbocycles. The van der Waals surface area contributed by atoms with Gasteiger partial charge in [0.25, 0.3) is 0 Å². The molecule has 1 N–H and O–H groups in total. The van der Waals surface area contributed by atoms with Gasteiger partial charge >= 0.3 is 6.18 Å². The van der Waals surface area contributed by atoms with Gasteiger partial charge in [0.2, 0.25) is 5.91 Å². The topological polar surface area (TPSA) is 32.3 Å². The van der Waals surface area contributed by atoms with Crippen LogP contribution in [0.3, 0.4) is 0 Å². The van der Waals surface area contributed by atoms with Crippen LogP contribution in [-0.2, 0) is 4.79 Å². The average molecular weight is 308 g/mol. The van der Waals surface area contributed by atoms with Crippen molar-refractivity contribution in [3.05, 3.63) is 47.5 Å². The van der Waals surface area contributed by atoms with Crippen molar-refractivity contribution >= 4 is 16.7 Å². The summed E-state index contributed by atoms with van der Waals surface area (Å²) in [5, 5.41) is 2.68. The third kappa shape index (κ3) is 2.54. The molecule has 0 aliphatic carbocycles. The molecule has 0 aromatic heterocycles. The Kier molecular flexibility index (Phi) is 3.56. The fraction of sp³-hybridized carbons (Fsp3) is 0.312. The second kappa shape index (κ2) is 5.28. The molecule has 1 unspecified atom stereocenters. The molecular weight excluding hydrogens is 293 g/mol. The number of hydrazine groups is 1. The van der Waals surface area contributed by atoms with Gasteiger partial charge < -0.3 is 0 Å². The van der Waals surface area contributed by atoms with E-state index < -0.39 is 12.2 Å². The second-order valence-corrected chi connectivity index (χ2v) is 5.42. The summed E-state index contributed by atoms with van der Waals surface area (Å²) in [7, 11) is 0. The van der Waals surface area contributed by atoms with Crippen molar-refractivity contribution in [3.63, 3.8) is 0 Å². The molecule has 2 aromatic rings. The van der Waals surface area contributed by atoms with Crippen LogP contribution in [0, 0.1) is 6.92 Å². The Bertz CT molecular complexity index is 727. The van der Waals surface area contributed by atoms with Crippen molar-refractivity contribution in [1.29, 1.82) is 0 Å². The SMILES string of the molecule is Cc1c(C(N2CCC(=O)N2)C(F)(F)F)ccc2ccccc12. The van der Waals surface area contributed by atoms with Crippen LogP contribution in [0.4, 0.5) is 13.2 Å². The lowest BCUT2D eigenvalue weighted by Gasteiger charge is -2.30. The normalized spacial score (nSPS) is 17.7. The first-order valence-corrected chi connectivity index (χ1v) is 6.99. The Hall–Kier alpha value is -2.08. The number of rotatable bonds is 2. The number of hydrogen-bond acceptors (Lipinski definition) is 2. The van der Waals surface area contributed by atoms with Crippen LogP contribution < -0.4 is 5.43 Å². The summed E-state index contributed by atoms with van der Waals surface area (Å²) in [5.74, 6) is -0.382. The van der Waals surface area contributed by atoms with Gasteiger partial charge in [0, 0.05) is 13.0 Å². The first-order chi connectivity index (χ1) is 10.4. The Morgan fingerprint density at radius 2 is 1.91 bits per heavy atom. The predicted octanol–water partition coefficient (Wildman–Crippen LogP) is 3.49. The van der Waals surface area contributed by atoms with Gasteiger partial charge in [-0.15, -0.1) is 0 Å². The van der Waals surface area contributed by atoms with Crippen LogP contribution in [-0.4, -0.2) is 23.6 Å². The number of carbonyl (C=O) groups is 1. The molecule has 1 atom stereocenters. The van der Waals surface area contributed by atoms with E-state index in [0.29, 0.717) is 5.56 Å². The van der Waals surface area contributed by atoms with E-state index >= 15 is 0 Å². The van der Waals surface area contributed by atoms with Gasteiger partial charge in [0.1, 0.15) is 6.04 Å². The zero-order valence-corrected chi connectivity index (χ0v) is 11.9. The van der Waals surface area contributed by atoms with Crippen LogP contribution in [0.1, 0.15) is 23.6 Å². The Labute approximate surface area is 125 Å². The van der Waals surface area contributed by atoms with Crippen molar-refractivity contribution in [3.8, 4) is 0 Å². The van der Waals surface area contributed by atoms with Gasteiger partial charge in [-0.1, -0.05) is 36.4 Å². The molecule has 3 nitrogen and oxygen atoms in total. The number of benzene rings is 2. The predicted molar refractivity (Wildman–Crippen MR) is 76.9 cm³/mol. The van der Waals surface area contributed by atoms with Gasteiger partial charge in [-0.25, -0.2) is 5.01 Å². The van der Waals surface area contributed by atoms with Crippen molar-refractivity contribution in [2.45, 2.75) is 25.6 Å². The van der Waals surface area contributed by atoms with E-state index in [4.69, 9.17) is 0 Å². The number of aryl methyl sites for hydroxylation is 1. The molecular formula is C16H15F3N2O. The van der Waals surface area contributed by atoms with Crippen molar-refractivity contribution in [2.24, 2.45) is 0 Å². The van der Waals surface area contributed by atoms with E-state index in [2.05, 4.69) is 5.43 Å². The quantitative estimate of drug-likeness (QED) is 0.921. The summed E-state index contributed by atoms with van der Waals surface area (Å²) < 4.78 is 40.7. The molecule has 1 amide bonds. The summed E-state index contributed by atoms with van der Waals surface area (Å²) in [6.07, 6.45) is -4.38. The molecule has 1 aliphatic heterocycles. The van der Waals surface area contributed by atoms with E-state index in [-0.39, 0.29) is 24.4 Å². The minimum absolute atomic E-state index is 0.0509. The molecule has 3 rings (SSSR count). The fourth-order valence-electron chi connectivity index (χ4n) is 2.95. The maximum absolute atomic E-state index is 13.6. The molecule has 0 spiro atoms. The zero-order valence-electron chi connectivity index (χ0n) is 11.9. The van der Waals surface area contributed by atoms with Crippen molar-refractivity contribution in [1.82, 2.24) is 10.4 Å². The summed E-state index contributed by atoms with van der Waals surface area (Å²) in [6, 6.07) is 8.69. The van der Waals surface area contributed by atoms with E-state index in [1.165, 1.54) is 6.07 Å². The van der Waals surface area contributed by atoms with Gasteiger partial charge in [-0.2, -0.15) is 13.2 Å². The molecule has 0 radical (unpaired) electrons. The lowest BCUT2D eigenvalue weighted by Crippen LogP contribution is -2.43. The maximum atomic E-state index is 13.6. The number of nitrogens with zero attached hydrogens (tertiary/aromatic N) is 1. The maximum Gasteiger partial charge on any atom is 0.409 e. The zero-order chi connectivity index (χ0) is 15.9. The highest BCUT2D eigenvalue weighted by molar-refractivity contribution is 5.86. The monoisotopic (exact) mass is 308 g/mol. The lowest BCUT2D eigenvalue weighted by molar-refractivity contribution is -0.191. The number of halogens is 3. The lowest BCUT2D eigenvalue weighted by atomic mass is 9.95. The molecule has 6 heteroatoms. The summed E-state index contributed by atoms with van der Waals surface area (Å²) in [5.41, 5.74) is 3.07. The molecule has 116 valence electrons. The van der Waals surface area contributed by atoms with Crippen LogP contribution in [0.2, 0.25) is 0 Å². The van der Waals surface area contributed by atoms with Crippen LogP contribution in [0.5, 0.6) is 0 Å². The van der Waals surface area contributed by atoms with Crippen molar-refractivity contribution in [2.75, 3.05) is 6.54 Å². The number of alkyl halides is 3. The molecule has 2 aromatic carbocycles. The average Bonchev–Trinajstić information content (AvgIpc) is 2.87. The molecule has 0 bridgehead atoms. The van der Waals surface area contributed by atoms with Crippen LogP contribution >= 0.6 is 0 Å². The molecule has 1 fully saturated rings. The van der Waals surface area contributed by atoms with E-state index in [1.807, 2.05) is 18.2 Å². The summed E-state index contributed by atoms with van der Waals surface area (Å²) in [4.78, 5) is 11.3. The highest BCUT2D eigenvalue weighted by Crippen LogP contribution is 2.40. The number of carbonyl (C=O) groups excluding carboxylic acids is 1. The minimum atomic E-state index is -4.47. The van der Waals surface area contributed by atoms with Crippen LogP contribution in [0.25, 0.3) is 10.8 Å². The van der Waals surface area contributed by atoms with Gasteiger partial charge in [-0.05, 0) is 28.8 Å². The van der Waals surface area contributed by atoms with Crippen molar-refractivity contribution < 1.29 is 18.0 Å². The van der Waals surface area contributed by atoms with Crippen LogP contribution in [0.15, 0.2) is 36.4 Å². The molecule has 22 heavy (non-hydrogen) atoms. The Morgan fingerprint density at radius 3 is 2.55 bits per heavy atom. The Morgan fingerprint density at radius 1 is 1.18 bits per heavy atom. The fourth-order valence-corrected chi connectivity index (χ4v) is 2.95. The third-order valence-electron chi connectivity index (χ3n) is 4.00. The summed E-state index contributed by atoms with van der Waals surface area (Å²) in [6.45, 7) is 1.74. The van der Waals surface area contributed by atoms with Gasteiger partial charge in [0.05, 0.1) is 0 Å². The highest BCUT2D eigenvalue weighted by Gasteiger charge is 2.47. The molecule has 1 heterocycles. The number of amides is 1. The first-order valence-electron chi connectivity index (χ1n) is 6.99. The largest absolute Gasteiger partial charge is 0.409 e. The number of hydrogen-bond donors (Lipinski definition) is 1.